The third-order valence-electron chi connectivity index (χ3n) is 4.17. The van der Waals surface area contributed by atoms with Crippen molar-refractivity contribution in [3.05, 3.63) is 76.8 Å². The molecule has 0 aromatic heterocycles. The van der Waals surface area contributed by atoms with Crippen molar-refractivity contribution in [2.45, 2.75) is 18.9 Å². The molecular weight excluding hydrogens is 350 g/mol. The van der Waals surface area contributed by atoms with E-state index in [-0.39, 0.29) is 18.6 Å². The van der Waals surface area contributed by atoms with E-state index in [1.54, 1.807) is 24.3 Å². The van der Waals surface area contributed by atoms with Crippen LogP contribution in [0.2, 0.25) is 5.02 Å². The summed E-state index contributed by atoms with van der Waals surface area (Å²) in [5.41, 5.74) is 1.87. The molecule has 2 aromatic rings. The molecule has 0 aliphatic heterocycles. The van der Waals surface area contributed by atoms with Crippen LogP contribution in [0.1, 0.15) is 30.0 Å². The lowest BCUT2D eigenvalue weighted by Gasteiger charge is -2.18. The SMILES string of the molecule is O=C(COC(=O)/C=C/c1cccc(Cl)c1)NC(c1ccccc1)C1CC1. The molecule has 1 aliphatic rings. The molecule has 1 N–H and O–H groups in total. The minimum atomic E-state index is -0.567. The molecule has 1 atom stereocenters. The number of halogens is 1. The van der Waals surface area contributed by atoms with Gasteiger partial charge in [-0.1, -0.05) is 54.1 Å². The number of hydrogen-bond donors (Lipinski definition) is 1. The van der Waals surface area contributed by atoms with E-state index in [9.17, 15) is 9.59 Å². The van der Waals surface area contributed by atoms with Crippen LogP contribution in [-0.2, 0) is 14.3 Å². The summed E-state index contributed by atoms with van der Waals surface area (Å²) < 4.78 is 5.02. The first kappa shape index (κ1) is 18.2. The summed E-state index contributed by atoms with van der Waals surface area (Å²) in [4.78, 5) is 23.9. The van der Waals surface area contributed by atoms with E-state index in [1.807, 2.05) is 36.4 Å². The zero-order chi connectivity index (χ0) is 18.4. The normalized spacial score (nSPS) is 14.8. The first-order valence-corrected chi connectivity index (χ1v) is 8.94. The van der Waals surface area contributed by atoms with E-state index in [0.29, 0.717) is 10.9 Å². The molecular formula is C21H20ClNO3. The Morgan fingerprint density at radius 3 is 2.62 bits per heavy atom. The number of rotatable bonds is 7. The van der Waals surface area contributed by atoms with Crippen LogP contribution < -0.4 is 5.32 Å². The van der Waals surface area contributed by atoms with Gasteiger partial charge >= 0.3 is 5.97 Å². The second-order valence-electron chi connectivity index (χ2n) is 6.29. The Labute approximate surface area is 157 Å². The van der Waals surface area contributed by atoms with Crippen molar-refractivity contribution in [2.24, 2.45) is 5.92 Å². The molecule has 2 aromatic carbocycles. The van der Waals surface area contributed by atoms with Crippen LogP contribution in [0.4, 0.5) is 0 Å². The monoisotopic (exact) mass is 369 g/mol. The lowest BCUT2D eigenvalue weighted by atomic mass is 10.0. The smallest absolute Gasteiger partial charge is 0.331 e. The molecule has 4 nitrogen and oxygen atoms in total. The Balaban J connectivity index is 1.49. The van der Waals surface area contributed by atoms with E-state index in [2.05, 4.69) is 5.32 Å². The number of esters is 1. The van der Waals surface area contributed by atoms with E-state index in [0.717, 1.165) is 24.0 Å². The van der Waals surface area contributed by atoms with Gasteiger partial charge in [0, 0.05) is 11.1 Å². The van der Waals surface area contributed by atoms with Gasteiger partial charge in [0.1, 0.15) is 0 Å². The van der Waals surface area contributed by atoms with Gasteiger partial charge in [0.15, 0.2) is 6.61 Å². The first-order valence-electron chi connectivity index (χ1n) is 8.56. The largest absolute Gasteiger partial charge is 0.452 e. The van der Waals surface area contributed by atoms with Crippen molar-refractivity contribution in [1.82, 2.24) is 5.32 Å². The molecule has 0 saturated heterocycles. The summed E-state index contributed by atoms with van der Waals surface area (Å²) in [7, 11) is 0. The predicted molar refractivity (Wildman–Crippen MR) is 101 cm³/mol. The Morgan fingerprint density at radius 1 is 1.15 bits per heavy atom. The minimum Gasteiger partial charge on any atom is -0.452 e. The van der Waals surface area contributed by atoms with E-state index in [4.69, 9.17) is 16.3 Å². The Kier molecular flexibility index (Phi) is 6.08. The highest BCUT2D eigenvalue weighted by Crippen LogP contribution is 2.40. The summed E-state index contributed by atoms with van der Waals surface area (Å²) in [6.45, 7) is -0.297. The fraction of sp³-hybridized carbons (Fsp3) is 0.238. The van der Waals surface area contributed by atoms with Gasteiger partial charge in [0.2, 0.25) is 0 Å². The van der Waals surface area contributed by atoms with Crippen LogP contribution in [0.25, 0.3) is 6.08 Å². The van der Waals surface area contributed by atoms with Crippen LogP contribution in [0.5, 0.6) is 0 Å². The maximum absolute atomic E-state index is 12.2. The molecule has 5 heteroatoms. The first-order chi connectivity index (χ1) is 12.6. The number of carbonyl (C=O) groups is 2. The number of hydrogen-bond acceptors (Lipinski definition) is 3. The Bertz CT molecular complexity index is 800. The fourth-order valence-corrected chi connectivity index (χ4v) is 2.94. The van der Waals surface area contributed by atoms with Crippen molar-refractivity contribution in [3.8, 4) is 0 Å². The lowest BCUT2D eigenvalue weighted by molar-refractivity contribution is -0.144. The minimum absolute atomic E-state index is 0.0237. The van der Waals surface area contributed by atoms with Gasteiger partial charge in [-0.3, -0.25) is 4.79 Å². The van der Waals surface area contributed by atoms with Gasteiger partial charge in [0.25, 0.3) is 5.91 Å². The van der Waals surface area contributed by atoms with Crippen molar-refractivity contribution in [2.75, 3.05) is 6.61 Å². The third kappa shape index (κ3) is 5.46. The summed E-state index contributed by atoms with van der Waals surface area (Å²) >= 11 is 5.89. The van der Waals surface area contributed by atoms with Crippen molar-refractivity contribution in [1.29, 1.82) is 0 Å². The van der Waals surface area contributed by atoms with Gasteiger partial charge in [-0.05, 0) is 48.1 Å². The number of benzene rings is 2. The molecule has 1 unspecified atom stereocenters. The Morgan fingerprint density at radius 2 is 1.92 bits per heavy atom. The molecule has 1 fully saturated rings. The predicted octanol–water partition coefficient (Wildman–Crippen LogP) is 4.16. The van der Waals surface area contributed by atoms with E-state index < -0.39 is 5.97 Å². The van der Waals surface area contributed by atoms with Gasteiger partial charge in [0.05, 0.1) is 6.04 Å². The maximum Gasteiger partial charge on any atom is 0.331 e. The van der Waals surface area contributed by atoms with Crippen LogP contribution in [0.15, 0.2) is 60.7 Å². The standard InChI is InChI=1S/C21H20ClNO3/c22-18-8-4-5-15(13-18)9-12-20(25)26-14-19(24)23-21(17-10-11-17)16-6-2-1-3-7-16/h1-9,12-13,17,21H,10-11,14H2,(H,23,24)/b12-9+. The second-order valence-corrected chi connectivity index (χ2v) is 6.73. The lowest BCUT2D eigenvalue weighted by Crippen LogP contribution is -2.33. The zero-order valence-electron chi connectivity index (χ0n) is 14.2. The number of ether oxygens (including phenoxy) is 1. The molecule has 26 heavy (non-hydrogen) atoms. The van der Waals surface area contributed by atoms with Crippen molar-refractivity contribution < 1.29 is 14.3 Å². The molecule has 134 valence electrons. The molecule has 0 bridgehead atoms. The van der Waals surface area contributed by atoms with Gasteiger partial charge in [-0.25, -0.2) is 4.79 Å². The Hall–Kier alpha value is -2.59. The molecule has 1 aliphatic carbocycles. The highest BCUT2D eigenvalue weighted by Gasteiger charge is 2.33. The summed E-state index contributed by atoms with van der Waals surface area (Å²) in [5.74, 6) is -0.405. The quantitative estimate of drug-likeness (QED) is 0.588. The number of carbonyl (C=O) groups excluding carboxylic acids is 2. The third-order valence-corrected chi connectivity index (χ3v) is 4.41. The summed E-state index contributed by atoms with van der Waals surface area (Å²) in [6.07, 6.45) is 5.08. The van der Waals surface area contributed by atoms with Gasteiger partial charge < -0.3 is 10.1 Å². The number of nitrogens with one attached hydrogen (secondary N) is 1. The van der Waals surface area contributed by atoms with Crippen molar-refractivity contribution >= 4 is 29.6 Å². The molecule has 0 radical (unpaired) electrons. The molecule has 1 saturated carbocycles. The molecule has 0 spiro atoms. The summed E-state index contributed by atoms with van der Waals surface area (Å²) in [6, 6.07) is 16.9. The summed E-state index contributed by atoms with van der Waals surface area (Å²) in [5, 5.41) is 3.56. The highest BCUT2D eigenvalue weighted by atomic mass is 35.5. The zero-order valence-corrected chi connectivity index (χ0v) is 15.0. The van der Waals surface area contributed by atoms with Crippen molar-refractivity contribution in [3.63, 3.8) is 0 Å². The van der Waals surface area contributed by atoms with Gasteiger partial charge in [-0.2, -0.15) is 0 Å². The molecule has 1 amide bonds. The average Bonchev–Trinajstić information content (AvgIpc) is 3.48. The maximum atomic E-state index is 12.2. The van der Waals surface area contributed by atoms with Crippen LogP contribution in [0, 0.1) is 5.92 Å². The van der Waals surface area contributed by atoms with Gasteiger partial charge in [-0.15, -0.1) is 0 Å². The van der Waals surface area contributed by atoms with Crippen LogP contribution >= 0.6 is 11.6 Å². The topological polar surface area (TPSA) is 55.4 Å². The van der Waals surface area contributed by atoms with Crippen LogP contribution in [0.3, 0.4) is 0 Å². The van der Waals surface area contributed by atoms with E-state index in [1.165, 1.54) is 6.08 Å². The highest BCUT2D eigenvalue weighted by molar-refractivity contribution is 6.30. The molecule has 3 rings (SSSR count). The average molecular weight is 370 g/mol. The van der Waals surface area contributed by atoms with E-state index >= 15 is 0 Å². The molecule has 0 heterocycles. The fourth-order valence-electron chi connectivity index (χ4n) is 2.74. The number of amides is 1. The second kappa shape index (κ2) is 8.68. The van der Waals surface area contributed by atoms with Crippen LogP contribution in [-0.4, -0.2) is 18.5 Å².